The zero-order valence-corrected chi connectivity index (χ0v) is 60.9. The molecule has 18 rings (SSSR count). The molecule has 0 N–H and O–H groups in total. The summed E-state index contributed by atoms with van der Waals surface area (Å²) in [5.41, 5.74) is 35.2. The average molecular weight is 1400 g/mol. The van der Waals surface area contributed by atoms with Crippen molar-refractivity contribution in [2.24, 2.45) is 0 Å². The van der Waals surface area contributed by atoms with Gasteiger partial charge in [-0.25, -0.2) is 0 Å². The molecule has 0 amide bonds. The third-order valence-electron chi connectivity index (χ3n) is 20.6. The lowest BCUT2D eigenvalue weighted by molar-refractivity contribution is 1.28. The second-order valence-corrected chi connectivity index (χ2v) is 27.5. The Labute approximate surface area is 646 Å². The van der Waals surface area contributed by atoms with Gasteiger partial charge >= 0.3 is 0 Å². The molecule has 2 nitrogen and oxygen atoms in total. The first-order chi connectivity index (χ1) is 54.5. The Morgan fingerprint density at radius 1 is 0.0909 bits per heavy atom. The van der Waals surface area contributed by atoms with Gasteiger partial charge < -0.3 is 9.80 Å². The summed E-state index contributed by atoms with van der Waals surface area (Å²) in [5, 5.41) is 0. The van der Waals surface area contributed by atoms with Crippen LogP contribution in [0.25, 0.3) is 134 Å². The van der Waals surface area contributed by atoms with E-state index in [0.29, 0.717) is 0 Å². The SMILES string of the molecule is c1ccc(-c2ccc(-c3cc(N(c4ccc(-c5ccccc5)cc4)c4ccc(-c5ccccc5)cc4)ccc3-c3cccc(-c4ccccc4)c3)cc2)cc1.c1ccc(-c2ccc(-c3cc(N(c4ccc(-c5ccccc5)cc4)c4ccc(-c5ccccc5)cc4)ccc3-c3ccccc3-c3ccccc3)cc2)cc1. The van der Waals surface area contributed by atoms with E-state index in [9.17, 15) is 0 Å². The van der Waals surface area contributed by atoms with Crippen molar-refractivity contribution in [3.8, 4) is 134 Å². The molecule has 18 aromatic carbocycles. The van der Waals surface area contributed by atoms with E-state index in [1.54, 1.807) is 0 Å². The normalized spacial score (nSPS) is 10.9. The Bertz CT molecular complexity index is 5850. The van der Waals surface area contributed by atoms with Crippen LogP contribution in [0.3, 0.4) is 0 Å². The van der Waals surface area contributed by atoms with Crippen molar-refractivity contribution in [2.75, 3.05) is 9.80 Å². The Balaban J connectivity index is 0.000000160. The van der Waals surface area contributed by atoms with Crippen LogP contribution in [0.15, 0.2) is 473 Å². The summed E-state index contributed by atoms with van der Waals surface area (Å²) in [5.74, 6) is 0. The topological polar surface area (TPSA) is 6.48 Å². The molecule has 0 aromatic heterocycles. The van der Waals surface area contributed by atoms with Crippen LogP contribution in [0.4, 0.5) is 34.1 Å². The molecule has 0 aliphatic rings. The van der Waals surface area contributed by atoms with Gasteiger partial charge in [-0.05, 0) is 212 Å². The molecule has 0 unspecified atom stereocenters. The monoisotopic (exact) mass is 1400 g/mol. The van der Waals surface area contributed by atoms with Crippen molar-refractivity contribution in [1.82, 2.24) is 0 Å². The molecule has 18 aromatic rings. The van der Waals surface area contributed by atoms with Crippen LogP contribution < -0.4 is 9.80 Å². The smallest absolute Gasteiger partial charge is 0.0468 e. The quantitative estimate of drug-likeness (QED) is 0.0845. The van der Waals surface area contributed by atoms with Gasteiger partial charge in [-0.3, -0.25) is 0 Å². The lowest BCUT2D eigenvalue weighted by Crippen LogP contribution is -2.10. The molecule has 0 heterocycles. The van der Waals surface area contributed by atoms with Crippen molar-refractivity contribution in [1.29, 1.82) is 0 Å². The van der Waals surface area contributed by atoms with Crippen LogP contribution in [0.5, 0.6) is 0 Å². The summed E-state index contributed by atoms with van der Waals surface area (Å²) in [6.45, 7) is 0. The van der Waals surface area contributed by atoms with Gasteiger partial charge in [0.2, 0.25) is 0 Å². The molecule has 2 heteroatoms. The Morgan fingerprint density at radius 3 is 0.591 bits per heavy atom. The fourth-order valence-electron chi connectivity index (χ4n) is 15.0. The Hall–Kier alpha value is -14.4. The number of anilines is 6. The minimum absolute atomic E-state index is 1.09. The van der Waals surface area contributed by atoms with Gasteiger partial charge in [0.1, 0.15) is 0 Å². The zero-order chi connectivity index (χ0) is 73.6. The molecule has 0 aliphatic carbocycles. The van der Waals surface area contributed by atoms with Gasteiger partial charge in [0.05, 0.1) is 0 Å². The maximum atomic E-state index is 2.37. The summed E-state index contributed by atoms with van der Waals surface area (Å²) >= 11 is 0. The van der Waals surface area contributed by atoms with Crippen molar-refractivity contribution in [3.63, 3.8) is 0 Å². The summed E-state index contributed by atoms with van der Waals surface area (Å²) in [6, 6.07) is 170. The van der Waals surface area contributed by atoms with Crippen LogP contribution >= 0.6 is 0 Å². The van der Waals surface area contributed by atoms with Crippen molar-refractivity contribution in [2.45, 2.75) is 0 Å². The average Bonchev–Trinajstić information content (AvgIpc) is 0.776. The van der Waals surface area contributed by atoms with Crippen LogP contribution in [-0.4, -0.2) is 0 Å². The first-order valence-electron chi connectivity index (χ1n) is 37.7. The number of hydrogen-bond acceptors (Lipinski definition) is 2. The maximum absolute atomic E-state index is 2.37. The number of hydrogen-bond donors (Lipinski definition) is 0. The molecule has 0 atom stereocenters. The molecule has 0 aliphatic heterocycles. The summed E-state index contributed by atoms with van der Waals surface area (Å²) in [4.78, 5) is 4.74. The largest absolute Gasteiger partial charge is 0.310 e. The van der Waals surface area contributed by atoms with E-state index in [-0.39, 0.29) is 0 Å². The summed E-state index contributed by atoms with van der Waals surface area (Å²) in [7, 11) is 0. The molecule has 110 heavy (non-hydrogen) atoms. The molecular formula is C108H78N2. The van der Waals surface area contributed by atoms with Crippen LogP contribution in [0, 0.1) is 0 Å². The van der Waals surface area contributed by atoms with Crippen molar-refractivity contribution in [3.05, 3.63) is 473 Å². The fraction of sp³-hybridized carbons (Fsp3) is 0. The van der Waals surface area contributed by atoms with E-state index in [1.807, 2.05) is 0 Å². The van der Waals surface area contributed by atoms with E-state index in [4.69, 9.17) is 0 Å². The fourth-order valence-corrected chi connectivity index (χ4v) is 15.0. The highest BCUT2D eigenvalue weighted by Gasteiger charge is 2.22. The van der Waals surface area contributed by atoms with Crippen LogP contribution in [0.2, 0.25) is 0 Å². The second-order valence-electron chi connectivity index (χ2n) is 27.5. The third kappa shape index (κ3) is 15.3. The minimum atomic E-state index is 1.09. The Kier molecular flexibility index (Phi) is 20.3. The van der Waals surface area contributed by atoms with E-state index >= 15 is 0 Å². The van der Waals surface area contributed by atoms with Gasteiger partial charge in [0.25, 0.3) is 0 Å². The van der Waals surface area contributed by atoms with Crippen LogP contribution in [-0.2, 0) is 0 Å². The van der Waals surface area contributed by atoms with Crippen molar-refractivity contribution < 1.29 is 0 Å². The van der Waals surface area contributed by atoms with Crippen LogP contribution in [0.1, 0.15) is 0 Å². The molecule has 0 saturated carbocycles. The van der Waals surface area contributed by atoms with Gasteiger partial charge in [0.15, 0.2) is 0 Å². The number of benzene rings is 18. The zero-order valence-electron chi connectivity index (χ0n) is 60.9. The van der Waals surface area contributed by atoms with Gasteiger partial charge in [0, 0.05) is 34.1 Å². The third-order valence-corrected chi connectivity index (χ3v) is 20.6. The van der Waals surface area contributed by atoms with E-state index in [1.165, 1.54) is 128 Å². The Morgan fingerprint density at radius 2 is 0.273 bits per heavy atom. The standard InChI is InChI=1S/2C54H39N/c1-5-15-40(16-6-1)43-25-27-47(28-26-43)54-39-50(37-38-53(54)52-24-14-13-23-51(52)46-21-11-4-12-22-46)55(48-33-29-44(30-34-48)41-17-7-2-8-18-41)49-35-31-45(32-36-49)42-19-9-3-10-20-42;1-5-14-40(15-6-1)44-24-26-47(27-25-44)54-39-52(36-37-53(54)49-23-13-22-48(38-49)43-20-11-4-12-21-43)55(50-32-28-45(29-33-50)41-16-7-2-8-17-41)51-34-30-46(31-35-51)42-18-9-3-10-19-42/h2*1-39H. The lowest BCUT2D eigenvalue weighted by atomic mass is 9.88. The maximum Gasteiger partial charge on any atom is 0.0468 e. The first kappa shape index (κ1) is 68.7. The lowest BCUT2D eigenvalue weighted by Gasteiger charge is -2.27. The number of rotatable bonds is 18. The highest BCUT2D eigenvalue weighted by Crippen LogP contribution is 2.47. The highest BCUT2D eigenvalue weighted by atomic mass is 15.1. The predicted molar refractivity (Wildman–Crippen MR) is 467 cm³/mol. The molecule has 520 valence electrons. The van der Waals surface area contributed by atoms with E-state index < -0.39 is 0 Å². The van der Waals surface area contributed by atoms with E-state index in [0.717, 1.165) is 39.7 Å². The molecule has 0 saturated heterocycles. The molecule has 0 fully saturated rings. The van der Waals surface area contributed by atoms with Crippen molar-refractivity contribution >= 4 is 34.1 Å². The minimum Gasteiger partial charge on any atom is -0.310 e. The van der Waals surface area contributed by atoms with E-state index in [2.05, 4.69) is 483 Å². The summed E-state index contributed by atoms with van der Waals surface area (Å²) in [6.07, 6.45) is 0. The molecule has 0 bridgehead atoms. The molecule has 0 spiro atoms. The van der Waals surface area contributed by atoms with Gasteiger partial charge in [-0.1, -0.05) is 394 Å². The second kappa shape index (κ2) is 32.5. The highest BCUT2D eigenvalue weighted by molar-refractivity contribution is 5.96. The first-order valence-corrected chi connectivity index (χ1v) is 37.7. The van der Waals surface area contributed by atoms with Gasteiger partial charge in [-0.15, -0.1) is 0 Å². The molecule has 0 radical (unpaired) electrons. The van der Waals surface area contributed by atoms with Gasteiger partial charge in [-0.2, -0.15) is 0 Å². The summed E-state index contributed by atoms with van der Waals surface area (Å²) < 4.78 is 0. The predicted octanol–water partition coefficient (Wildman–Crippen LogP) is 30.3. The number of nitrogens with zero attached hydrogens (tertiary/aromatic N) is 2. The molecular weight excluding hydrogens is 1330 g/mol.